The van der Waals surface area contributed by atoms with E-state index in [1.165, 1.54) is 11.1 Å². The maximum Gasteiger partial charge on any atom is 0.220 e. The van der Waals surface area contributed by atoms with E-state index in [2.05, 4.69) is 34.6 Å². The van der Waals surface area contributed by atoms with E-state index in [1.54, 1.807) is 12.5 Å². The zero-order chi connectivity index (χ0) is 17.3. The van der Waals surface area contributed by atoms with Gasteiger partial charge in [0.1, 0.15) is 0 Å². The Morgan fingerprint density at radius 3 is 2.20 bits per heavy atom. The topological polar surface area (TPSA) is 46.9 Å². The summed E-state index contributed by atoms with van der Waals surface area (Å²) >= 11 is 0. The molecule has 0 saturated carbocycles. The lowest BCUT2D eigenvalue weighted by Crippen LogP contribution is -2.27. The van der Waals surface area contributed by atoms with Crippen LogP contribution >= 0.6 is 0 Å². The highest BCUT2D eigenvalue weighted by molar-refractivity contribution is 5.77. The maximum atomic E-state index is 12.4. The molecule has 1 aromatic heterocycles. The van der Waals surface area contributed by atoms with Crippen LogP contribution < -0.4 is 5.32 Å². The quantitative estimate of drug-likeness (QED) is 0.640. The van der Waals surface area contributed by atoms with E-state index < -0.39 is 0 Å². The van der Waals surface area contributed by atoms with Crippen LogP contribution in [0.25, 0.3) is 0 Å². The van der Waals surface area contributed by atoms with Crippen molar-refractivity contribution in [1.29, 1.82) is 0 Å². The Bertz CT molecular complexity index is 715. The van der Waals surface area contributed by atoms with E-state index in [0.29, 0.717) is 13.0 Å². The first-order valence-corrected chi connectivity index (χ1v) is 8.65. The number of rotatable bonds is 8. The van der Waals surface area contributed by atoms with E-state index >= 15 is 0 Å². The third-order valence-electron chi connectivity index (χ3n) is 4.27. The van der Waals surface area contributed by atoms with Crippen LogP contribution in [0.1, 0.15) is 29.9 Å². The van der Waals surface area contributed by atoms with E-state index in [4.69, 9.17) is 0 Å². The van der Waals surface area contributed by atoms with Gasteiger partial charge in [0.15, 0.2) is 0 Å². The second-order valence-electron chi connectivity index (χ2n) is 6.08. The molecule has 3 rings (SSSR count). The van der Waals surface area contributed by atoms with Crippen LogP contribution in [0.3, 0.4) is 0 Å². The van der Waals surface area contributed by atoms with Gasteiger partial charge in [0.25, 0.3) is 0 Å². The third kappa shape index (κ3) is 5.05. The monoisotopic (exact) mass is 333 g/mol. The zero-order valence-corrected chi connectivity index (χ0v) is 14.2. The Morgan fingerprint density at radius 2 is 1.64 bits per heavy atom. The minimum absolute atomic E-state index is 0.0797. The van der Waals surface area contributed by atoms with Crippen LogP contribution in [0.4, 0.5) is 0 Å². The van der Waals surface area contributed by atoms with Gasteiger partial charge in [-0.05, 0) is 17.5 Å². The SMILES string of the molecule is O=C(CC(c1ccccc1)c1ccccc1)NCCCn1ccnc1. The number of amides is 1. The zero-order valence-electron chi connectivity index (χ0n) is 14.2. The van der Waals surface area contributed by atoms with Crippen LogP contribution in [0.2, 0.25) is 0 Å². The molecule has 1 amide bonds. The molecule has 0 aliphatic heterocycles. The summed E-state index contributed by atoms with van der Waals surface area (Å²) in [4.78, 5) is 16.4. The predicted octanol–water partition coefficient (Wildman–Crippen LogP) is 3.61. The Morgan fingerprint density at radius 1 is 1.00 bits per heavy atom. The Hall–Kier alpha value is -2.88. The molecule has 0 bridgehead atoms. The molecule has 25 heavy (non-hydrogen) atoms. The minimum Gasteiger partial charge on any atom is -0.356 e. The smallest absolute Gasteiger partial charge is 0.220 e. The molecule has 0 aliphatic carbocycles. The fourth-order valence-electron chi connectivity index (χ4n) is 2.96. The van der Waals surface area contributed by atoms with Crippen molar-refractivity contribution in [3.05, 3.63) is 90.5 Å². The van der Waals surface area contributed by atoms with E-state index in [-0.39, 0.29) is 11.8 Å². The molecule has 3 aromatic rings. The highest BCUT2D eigenvalue weighted by Gasteiger charge is 2.17. The summed E-state index contributed by atoms with van der Waals surface area (Å²) < 4.78 is 2.02. The molecule has 4 heteroatoms. The summed E-state index contributed by atoms with van der Waals surface area (Å²) in [6, 6.07) is 20.4. The van der Waals surface area contributed by atoms with E-state index in [9.17, 15) is 4.79 Å². The standard InChI is InChI=1S/C21H23N3O/c25-21(23-12-7-14-24-15-13-22-17-24)16-20(18-8-3-1-4-9-18)19-10-5-2-6-11-19/h1-6,8-11,13,15,17,20H,7,12,14,16H2,(H,23,25). The van der Waals surface area contributed by atoms with Gasteiger partial charge < -0.3 is 9.88 Å². The lowest BCUT2D eigenvalue weighted by molar-refractivity contribution is -0.121. The number of aromatic nitrogens is 2. The Balaban J connectivity index is 1.57. The number of benzene rings is 2. The van der Waals surface area contributed by atoms with Gasteiger partial charge in [0.2, 0.25) is 5.91 Å². The summed E-state index contributed by atoms with van der Waals surface area (Å²) in [5, 5.41) is 3.04. The van der Waals surface area contributed by atoms with Gasteiger partial charge in [0.05, 0.1) is 6.33 Å². The van der Waals surface area contributed by atoms with Crippen molar-refractivity contribution in [3.63, 3.8) is 0 Å². The summed E-state index contributed by atoms with van der Waals surface area (Å²) in [6.07, 6.45) is 6.84. The number of hydrogen-bond donors (Lipinski definition) is 1. The first kappa shape index (κ1) is 17.0. The molecule has 0 radical (unpaired) electrons. The lowest BCUT2D eigenvalue weighted by Gasteiger charge is -2.18. The molecule has 2 aromatic carbocycles. The molecule has 1 N–H and O–H groups in total. The van der Waals surface area contributed by atoms with Gasteiger partial charge in [-0.1, -0.05) is 60.7 Å². The van der Waals surface area contributed by atoms with Crippen molar-refractivity contribution in [2.24, 2.45) is 0 Å². The Labute approximate surface area is 148 Å². The summed E-state index contributed by atoms with van der Waals surface area (Å²) in [6.45, 7) is 1.54. The molecule has 0 saturated heterocycles. The van der Waals surface area contributed by atoms with E-state index in [1.807, 2.05) is 47.2 Å². The van der Waals surface area contributed by atoms with Crippen LogP contribution in [-0.2, 0) is 11.3 Å². The number of imidazole rings is 1. The molecule has 0 unspecified atom stereocenters. The maximum absolute atomic E-state index is 12.4. The predicted molar refractivity (Wildman–Crippen MR) is 99.2 cm³/mol. The average molecular weight is 333 g/mol. The first-order valence-electron chi connectivity index (χ1n) is 8.65. The number of aryl methyl sites for hydroxylation is 1. The lowest BCUT2D eigenvalue weighted by atomic mass is 9.88. The number of carbonyl (C=O) groups excluding carboxylic acids is 1. The number of carbonyl (C=O) groups is 1. The van der Waals surface area contributed by atoms with Gasteiger partial charge in [-0.15, -0.1) is 0 Å². The average Bonchev–Trinajstić information content (AvgIpc) is 3.18. The van der Waals surface area contributed by atoms with Crippen molar-refractivity contribution in [2.45, 2.75) is 25.3 Å². The van der Waals surface area contributed by atoms with Crippen molar-refractivity contribution in [3.8, 4) is 0 Å². The molecular formula is C21H23N3O. The molecular weight excluding hydrogens is 310 g/mol. The normalized spacial score (nSPS) is 10.8. The second-order valence-corrected chi connectivity index (χ2v) is 6.08. The first-order chi connectivity index (χ1) is 12.3. The highest BCUT2D eigenvalue weighted by Crippen LogP contribution is 2.27. The van der Waals surface area contributed by atoms with Crippen LogP contribution in [0.5, 0.6) is 0 Å². The molecule has 0 aliphatic rings. The second kappa shape index (κ2) is 8.83. The summed E-state index contributed by atoms with van der Waals surface area (Å²) in [7, 11) is 0. The van der Waals surface area contributed by atoms with Crippen molar-refractivity contribution in [2.75, 3.05) is 6.54 Å². The van der Waals surface area contributed by atoms with Crippen LogP contribution in [0, 0.1) is 0 Å². The molecule has 0 spiro atoms. The van der Waals surface area contributed by atoms with Gasteiger partial charge in [0, 0.05) is 37.8 Å². The van der Waals surface area contributed by atoms with Crippen LogP contribution in [0.15, 0.2) is 79.4 Å². The summed E-state index contributed by atoms with van der Waals surface area (Å²) in [5.41, 5.74) is 2.34. The van der Waals surface area contributed by atoms with Gasteiger partial charge >= 0.3 is 0 Å². The van der Waals surface area contributed by atoms with Crippen molar-refractivity contribution in [1.82, 2.24) is 14.9 Å². The van der Waals surface area contributed by atoms with Gasteiger partial charge in [-0.3, -0.25) is 4.79 Å². The third-order valence-corrected chi connectivity index (χ3v) is 4.27. The number of hydrogen-bond acceptors (Lipinski definition) is 2. The Kier molecular flexibility index (Phi) is 5.99. The van der Waals surface area contributed by atoms with Crippen LogP contribution in [-0.4, -0.2) is 22.0 Å². The van der Waals surface area contributed by atoms with E-state index in [0.717, 1.165) is 13.0 Å². The number of nitrogens with one attached hydrogen (secondary N) is 1. The fourth-order valence-corrected chi connectivity index (χ4v) is 2.96. The van der Waals surface area contributed by atoms with Crippen molar-refractivity contribution >= 4 is 5.91 Å². The molecule has 0 atom stereocenters. The fraction of sp³-hybridized carbons (Fsp3) is 0.238. The number of nitrogens with zero attached hydrogens (tertiary/aromatic N) is 2. The van der Waals surface area contributed by atoms with Crippen molar-refractivity contribution < 1.29 is 4.79 Å². The highest BCUT2D eigenvalue weighted by atomic mass is 16.1. The van der Waals surface area contributed by atoms with Gasteiger partial charge in [-0.2, -0.15) is 0 Å². The molecule has 128 valence electrons. The molecule has 4 nitrogen and oxygen atoms in total. The molecule has 0 fully saturated rings. The summed E-state index contributed by atoms with van der Waals surface area (Å²) in [5.74, 6) is 0.166. The largest absolute Gasteiger partial charge is 0.356 e. The van der Waals surface area contributed by atoms with Gasteiger partial charge in [-0.25, -0.2) is 4.98 Å². The molecule has 1 heterocycles. The minimum atomic E-state index is 0.0797.